The lowest BCUT2D eigenvalue weighted by Crippen LogP contribution is -2.30. The van der Waals surface area contributed by atoms with Gasteiger partial charge in [-0.1, -0.05) is 0 Å². The largest absolute Gasteiger partial charge is 0.481 e. The minimum absolute atomic E-state index is 0.0499. The minimum Gasteiger partial charge on any atom is -0.481 e. The van der Waals surface area contributed by atoms with Gasteiger partial charge in [0.25, 0.3) is 0 Å². The molecule has 1 heterocycles. The molecule has 4 nitrogen and oxygen atoms in total. The Kier molecular flexibility index (Phi) is 1.92. The summed E-state index contributed by atoms with van der Waals surface area (Å²) in [5, 5.41) is 9.05. The summed E-state index contributed by atoms with van der Waals surface area (Å²) >= 11 is 0. The summed E-state index contributed by atoms with van der Waals surface area (Å²) in [6.45, 7) is 5.49. The van der Waals surface area contributed by atoms with Crippen LogP contribution in [0.3, 0.4) is 0 Å². The maximum absolute atomic E-state index is 11.0. The second-order valence-electron chi connectivity index (χ2n) is 4.99. The van der Waals surface area contributed by atoms with E-state index in [1.54, 1.807) is 6.92 Å². The molecule has 80 valence electrons. The summed E-state index contributed by atoms with van der Waals surface area (Å²) in [5.41, 5.74) is -0.675. The van der Waals surface area contributed by atoms with Crippen LogP contribution in [0, 0.1) is 5.41 Å². The maximum Gasteiger partial charge on any atom is 0.309 e. The maximum atomic E-state index is 11.0. The molecule has 1 aliphatic heterocycles. The Morgan fingerprint density at radius 2 is 1.64 bits per heavy atom. The standard InChI is InChI=1S/C10H16O4/c1-9(2)13-6-4-10(3,8(11)12)5-7(6)14-9/h6-7H,4-5H2,1-3H3,(H,11,12). The van der Waals surface area contributed by atoms with Gasteiger partial charge in [-0.05, 0) is 33.6 Å². The van der Waals surface area contributed by atoms with Crippen molar-refractivity contribution in [2.24, 2.45) is 5.41 Å². The van der Waals surface area contributed by atoms with Crippen molar-refractivity contribution in [2.75, 3.05) is 0 Å². The average Bonchev–Trinajstić information content (AvgIpc) is 2.37. The average molecular weight is 200 g/mol. The van der Waals surface area contributed by atoms with Gasteiger partial charge in [0.2, 0.25) is 0 Å². The van der Waals surface area contributed by atoms with Crippen molar-refractivity contribution < 1.29 is 19.4 Å². The number of fused-ring (bicyclic) bond motifs is 1. The van der Waals surface area contributed by atoms with Gasteiger partial charge in [0, 0.05) is 0 Å². The van der Waals surface area contributed by atoms with Crippen LogP contribution in [0.5, 0.6) is 0 Å². The third kappa shape index (κ3) is 1.42. The third-order valence-electron chi connectivity index (χ3n) is 3.10. The second kappa shape index (κ2) is 2.70. The van der Waals surface area contributed by atoms with E-state index in [0.29, 0.717) is 12.8 Å². The van der Waals surface area contributed by atoms with Crippen LogP contribution in [-0.2, 0) is 14.3 Å². The molecule has 2 fully saturated rings. The Bertz CT molecular complexity index is 255. The van der Waals surface area contributed by atoms with Crippen molar-refractivity contribution in [3.05, 3.63) is 0 Å². The molecule has 0 amide bonds. The van der Waals surface area contributed by atoms with Crippen LogP contribution in [0.4, 0.5) is 0 Å². The van der Waals surface area contributed by atoms with Crippen LogP contribution < -0.4 is 0 Å². The molecule has 1 aliphatic carbocycles. The number of carboxylic acids is 1. The van der Waals surface area contributed by atoms with Gasteiger partial charge in [-0.2, -0.15) is 0 Å². The van der Waals surface area contributed by atoms with Gasteiger partial charge in [-0.3, -0.25) is 4.79 Å². The molecule has 4 heteroatoms. The molecule has 0 aromatic rings. The number of aliphatic carboxylic acids is 1. The van der Waals surface area contributed by atoms with Crippen molar-refractivity contribution in [1.29, 1.82) is 0 Å². The Morgan fingerprint density at radius 1 is 1.21 bits per heavy atom. The van der Waals surface area contributed by atoms with Gasteiger partial charge in [0.05, 0.1) is 17.6 Å². The van der Waals surface area contributed by atoms with Crippen LogP contribution in [0.1, 0.15) is 33.6 Å². The number of ether oxygens (including phenoxy) is 2. The first-order valence-electron chi connectivity index (χ1n) is 4.91. The Hall–Kier alpha value is -0.610. The molecular weight excluding hydrogens is 184 g/mol. The molecule has 0 aromatic heterocycles. The molecule has 1 N–H and O–H groups in total. The molecule has 2 atom stereocenters. The summed E-state index contributed by atoms with van der Waals surface area (Å²) in [6, 6.07) is 0. The predicted molar refractivity (Wildman–Crippen MR) is 48.8 cm³/mol. The molecule has 1 saturated carbocycles. The highest BCUT2D eigenvalue weighted by atomic mass is 16.8. The summed E-state index contributed by atoms with van der Waals surface area (Å²) in [4.78, 5) is 11.0. The Labute approximate surface area is 83.2 Å². The van der Waals surface area contributed by atoms with Gasteiger partial charge in [-0.15, -0.1) is 0 Å². The molecule has 0 spiro atoms. The first-order chi connectivity index (χ1) is 6.32. The highest BCUT2D eigenvalue weighted by Gasteiger charge is 2.54. The van der Waals surface area contributed by atoms with E-state index < -0.39 is 17.2 Å². The molecule has 0 radical (unpaired) electrons. The first kappa shape index (κ1) is 9.93. The van der Waals surface area contributed by atoms with E-state index in [4.69, 9.17) is 14.6 Å². The van der Waals surface area contributed by atoms with E-state index in [1.807, 2.05) is 13.8 Å². The van der Waals surface area contributed by atoms with E-state index in [0.717, 1.165) is 0 Å². The Morgan fingerprint density at radius 3 is 2.00 bits per heavy atom. The molecule has 2 rings (SSSR count). The van der Waals surface area contributed by atoms with Gasteiger partial charge in [0.15, 0.2) is 5.79 Å². The summed E-state index contributed by atoms with van der Waals surface area (Å²) in [5.74, 6) is -1.30. The fraction of sp³-hybridized carbons (Fsp3) is 0.900. The number of carbonyl (C=O) groups is 1. The predicted octanol–water partition coefficient (Wildman–Crippen LogP) is 1.39. The van der Waals surface area contributed by atoms with Crippen molar-refractivity contribution in [1.82, 2.24) is 0 Å². The topological polar surface area (TPSA) is 55.8 Å². The lowest BCUT2D eigenvalue weighted by atomic mass is 9.89. The highest BCUT2D eigenvalue weighted by Crippen LogP contribution is 2.47. The van der Waals surface area contributed by atoms with Gasteiger partial charge in [-0.25, -0.2) is 0 Å². The van der Waals surface area contributed by atoms with Crippen LogP contribution in [-0.4, -0.2) is 29.1 Å². The number of carboxylic acid groups (broad SMARTS) is 1. The quantitative estimate of drug-likeness (QED) is 0.695. The van der Waals surface area contributed by atoms with E-state index in [2.05, 4.69) is 0 Å². The summed E-state index contributed by atoms with van der Waals surface area (Å²) in [6.07, 6.45) is 1.00. The molecule has 2 aliphatic rings. The first-order valence-corrected chi connectivity index (χ1v) is 4.91. The molecule has 2 unspecified atom stereocenters. The van der Waals surface area contributed by atoms with Crippen LogP contribution in [0.25, 0.3) is 0 Å². The second-order valence-corrected chi connectivity index (χ2v) is 4.99. The Balaban J connectivity index is 2.10. The van der Waals surface area contributed by atoms with Gasteiger partial charge >= 0.3 is 5.97 Å². The smallest absolute Gasteiger partial charge is 0.309 e. The lowest BCUT2D eigenvalue weighted by molar-refractivity contribution is -0.168. The monoisotopic (exact) mass is 200 g/mol. The number of hydrogen-bond acceptors (Lipinski definition) is 3. The van der Waals surface area contributed by atoms with Crippen molar-refractivity contribution in [3.8, 4) is 0 Å². The molecular formula is C10H16O4. The summed E-state index contributed by atoms with van der Waals surface area (Å²) < 4.78 is 11.3. The summed E-state index contributed by atoms with van der Waals surface area (Å²) in [7, 11) is 0. The number of hydrogen-bond donors (Lipinski definition) is 1. The van der Waals surface area contributed by atoms with Crippen molar-refractivity contribution in [2.45, 2.75) is 51.6 Å². The molecule has 0 bridgehead atoms. The van der Waals surface area contributed by atoms with Gasteiger partial charge < -0.3 is 14.6 Å². The zero-order valence-corrected chi connectivity index (χ0v) is 8.74. The fourth-order valence-electron chi connectivity index (χ4n) is 2.40. The van der Waals surface area contributed by atoms with E-state index in [9.17, 15) is 4.79 Å². The van der Waals surface area contributed by atoms with Crippen LogP contribution >= 0.6 is 0 Å². The lowest BCUT2D eigenvalue weighted by Gasteiger charge is -2.23. The van der Waals surface area contributed by atoms with Gasteiger partial charge in [0.1, 0.15) is 0 Å². The molecule has 0 aromatic carbocycles. The molecule has 1 saturated heterocycles. The van der Waals surface area contributed by atoms with Crippen molar-refractivity contribution >= 4 is 5.97 Å². The van der Waals surface area contributed by atoms with E-state index >= 15 is 0 Å². The fourth-order valence-corrected chi connectivity index (χ4v) is 2.40. The van der Waals surface area contributed by atoms with Crippen LogP contribution in [0.2, 0.25) is 0 Å². The normalized spacial score (nSPS) is 45.1. The van der Waals surface area contributed by atoms with E-state index in [1.165, 1.54) is 0 Å². The number of rotatable bonds is 1. The SMILES string of the molecule is CC1(C)OC2CC(C)(C(=O)O)CC2O1. The highest BCUT2D eigenvalue weighted by molar-refractivity contribution is 5.74. The van der Waals surface area contributed by atoms with E-state index in [-0.39, 0.29) is 12.2 Å². The minimum atomic E-state index is -0.753. The zero-order valence-electron chi connectivity index (χ0n) is 8.74. The molecule has 14 heavy (non-hydrogen) atoms. The van der Waals surface area contributed by atoms with Crippen LogP contribution in [0.15, 0.2) is 0 Å². The zero-order chi connectivity index (χ0) is 10.6. The van der Waals surface area contributed by atoms with Crippen molar-refractivity contribution in [3.63, 3.8) is 0 Å². The third-order valence-corrected chi connectivity index (χ3v) is 3.10.